The molecule has 0 saturated heterocycles. The first kappa shape index (κ1) is 25.3. The fourth-order valence-corrected chi connectivity index (χ4v) is 3.90. The number of hydrogen-bond donors (Lipinski definition) is 2. The van der Waals surface area contributed by atoms with Gasteiger partial charge in [0.15, 0.2) is 5.75 Å². The van der Waals surface area contributed by atoms with Gasteiger partial charge in [-0.05, 0) is 43.3 Å². The molecule has 2 aromatic carbocycles. The van der Waals surface area contributed by atoms with E-state index in [2.05, 4.69) is 5.32 Å². The number of benzene rings is 2. The molecule has 0 aromatic heterocycles. The highest BCUT2D eigenvalue weighted by Gasteiger charge is 2.35. The minimum atomic E-state index is -0.426. The number of anilines is 2. The topological polar surface area (TPSA) is 85.3 Å². The summed E-state index contributed by atoms with van der Waals surface area (Å²) >= 11 is 0. The van der Waals surface area contributed by atoms with Crippen molar-refractivity contribution in [2.45, 2.75) is 26.0 Å². The Hall–Kier alpha value is -3.33. The fourth-order valence-electron chi connectivity index (χ4n) is 3.90. The summed E-state index contributed by atoms with van der Waals surface area (Å²) in [7, 11) is 5.40. The van der Waals surface area contributed by atoms with Crippen molar-refractivity contribution in [3.63, 3.8) is 0 Å². The number of nitrogens with one attached hydrogen (secondary N) is 1. The second-order valence-electron chi connectivity index (χ2n) is 8.99. The van der Waals surface area contributed by atoms with Crippen LogP contribution in [0.15, 0.2) is 42.5 Å². The highest BCUT2D eigenvalue weighted by Crippen LogP contribution is 2.36. The van der Waals surface area contributed by atoms with Crippen molar-refractivity contribution >= 4 is 23.3 Å². The number of ether oxygens (including phenoxy) is 1. The van der Waals surface area contributed by atoms with Crippen LogP contribution in [0.3, 0.4) is 0 Å². The number of para-hydroxylation sites is 1. The zero-order chi connectivity index (χ0) is 25.0. The molecule has 0 spiro atoms. The molecular weight excluding hydrogens is 439 g/mol. The Morgan fingerprint density at radius 2 is 1.91 bits per heavy atom. The summed E-state index contributed by atoms with van der Waals surface area (Å²) in [6.07, 6.45) is -0.426. The van der Waals surface area contributed by atoms with Crippen molar-refractivity contribution in [1.29, 1.82) is 0 Å². The van der Waals surface area contributed by atoms with Gasteiger partial charge in [0.2, 0.25) is 0 Å². The number of rotatable bonds is 6. The number of urea groups is 1. The Bertz CT molecular complexity index is 1010. The van der Waals surface area contributed by atoms with E-state index in [0.29, 0.717) is 23.5 Å². The molecule has 1 aliphatic rings. The lowest BCUT2D eigenvalue weighted by Gasteiger charge is -2.39. The average Bonchev–Trinajstić information content (AvgIpc) is 2.81. The lowest BCUT2D eigenvalue weighted by Crippen LogP contribution is -2.50. The quantitative estimate of drug-likeness (QED) is 0.674. The van der Waals surface area contributed by atoms with Gasteiger partial charge in [-0.15, -0.1) is 0 Å². The Kier molecular flexibility index (Phi) is 7.98. The van der Waals surface area contributed by atoms with Gasteiger partial charge in [0.1, 0.15) is 11.9 Å². The summed E-state index contributed by atoms with van der Waals surface area (Å²) in [5.41, 5.74) is 1.65. The van der Waals surface area contributed by atoms with E-state index in [-0.39, 0.29) is 42.9 Å². The largest absolute Gasteiger partial charge is 0.485 e. The summed E-state index contributed by atoms with van der Waals surface area (Å²) in [5, 5.41) is 12.5. The Balaban J connectivity index is 1.89. The van der Waals surface area contributed by atoms with E-state index < -0.39 is 6.10 Å². The second kappa shape index (κ2) is 10.7. The predicted octanol–water partition coefficient (Wildman–Crippen LogP) is 3.28. The summed E-state index contributed by atoms with van der Waals surface area (Å²) in [6, 6.07) is 10.2. The maximum atomic E-state index is 13.4. The monoisotopic (exact) mass is 472 g/mol. The van der Waals surface area contributed by atoms with Crippen LogP contribution in [0.2, 0.25) is 0 Å². The number of fused-ring (bicyclic) bond motifs is 1. The molecule has 2 aromatic rings. The first-order chi connectivity index (χ1) is 16.1. The van der Waals surface area contributed by atoms with Gasteiger partial charge in [-0.1, -0.05) is 13.0 Å². The first-order valence-corrected chi connectivity index (χ1v) is 11.3. The van der Waals surface area contributed by atoms with E-state index in [9.17, 15) is 19.1 Å². The normalized spacial score (nSPS) is 18.8. The van der Waals surface area contributed by atoms with Crippen molar-refractivity contribution in [3.05, 3.63) is 53.8 Å². The van der Waals surface area contributed by atoms with Crippen molar-refractivity contribution in [2.75, 3.05) is 51.1 Å². The van der Waals surface area contributed by atoms with E-state index in [4.69, 9.17) is 4.74 Å². The molecule has 8 nitrogen and oxygen atoms in total. The van der Waals surface area contributed by atoms with Crippen LogP contribution >= 0.6 is 0 Å². The van der Waals surface area contributed by atoms with Gasteiger partial charge < -0.3 is 29.9 Å². The number of hydrogen-bond acceptors (Lipinski definition) is 5. The van der Waals surface area contributed by atoms with Crippen LogP contribution in [0.4, 0.5) is 20.6 Å². The number of aliphatic hydroxyl groups is 1. The first-order valence-electron chi connectivity index (χ1n) is 11.3. The van der Waals surface area contributed by atoms with Crippen LogP contribution in [0.1, 0.15) is 24.2 Å². The number of carbonyl (C=O) groups excluding carboxylic acids is 2. The van der Waals surface area contributed by atoms with Crippen molar-refractivity contribution in [1.82, 2.24) is 9.80 Å². The fraction of sp³-hybridized carbons (Fsp3) is 0.440. The van der Waals surface area contributed by atoms with Gasteiger partial charge in [-0.2, -0.15) is 0 Å². The van der Waals surface area contributed by atoms with Gasteiger partial charge in [0, 0.05) is 39.3 Å². The molecule has 1 aliphatic heterocycles. The Labute approximate surface area is 199 Å². The lowest BCUT2D eigenvalue weighted by molar-refractivity contribution is 0.0372. The third-order valence-electron chi connectivity index (χ3n) is 6.05. The van der Waals surface area contributed by atoms with E-state index in [0.717, 1.165) is 5.69 Å². The molecule has 3 amide bonds. The van der Waals surface area contributed by atoms with Crippen LogP contribution in [0.5, 0.6) is 5.75 Å². The molecule has 184 valence electrons. The molecular formula is C25H33FN4O4. The van der Waals surface area contributed by atoms with Crippen molar-refractivity contribution in [3.8, 4) is 5.75 Å². The third-order valence-corrected chi connectivity index (χ3v) is 6.05. The zero-order valence-corrected chi connectivity index (χ0v) is 20.3. The van der Waals surface area contributed by atoms with Crippen LogP contribution in [0, 0.1) is 11.7 Å². The van der Waals surface area contributed by atoms with E-state index in [1.54, 1.807) is 31.0 Å². The molecule has 3 atom stereocenters. The summed E-state index contributed by atoms with van der Waals surface area (Å²) in [4.78, 5) is 31.2. The van der Waals surface area contributed by atoms with Crippen LogP contribution in [-0.2, 0) is 0 Å². The number of halogens is 1. The number of likely N-dealkylation sites (N-methyl/N-ethyl adjacent to an activating group) is 1. The minimum Gasteiger partial charge on any atom is -0.485 e. The Morgan fingerprint density at radius 3 is 2.53 bits per heavy atom. The van der Waals surface area contributed by atoms with Crippen LogP contribution < -0.4 is 15.0 Å². The number of carbonyl (C=O) groups is 2. The lowest BCUT2D eigenvalue weighted by atomic mass is 9.99. The molecule has 0 saturated carbocycles. The highest BCUT2D eigenvalue weighted by atomic mass is 19.1. The molecule has 1 heterocycles. The van der Waals surface area contributed by atoms with E-state index in [1.807, 2.05) is 32.0 Å². The molecule has 2 N–H and O–H groups in total. The standard InChI is InChI=1S/C25H33FN4O4/c1-16-13-30(17(2)15-31)24(32)20-7-6-8-21(28(3)4)23(20)34-22(16)14-29(5)25(33)27-19-11-9-18(26)10-12-19/h6-12,16-17,22,31H,13-15H2,1-5H3,(H,27,33)/t16-,17+,22-/m0/s1. The van der Waals surface area contributed by atoms with Gasteiger partial charge in [-0.25, -0.2) is 9.18 Å². The maximum absolute atomic E-state index is 13.4. The van der Waals surface area contributed by atoms with Crippen LogP contribution in [0.25, 0.3) is 0 Å². The van der Waals surface area contributed by atoms with E-state index in [1.165, 1.54) is 29.2 Å². The summed E-state index contributed by atoms with van der Waals surface area (Å²) < 4.78 is 19.6. The molecule has 0 bridgehead atoms. The molecule has 0 fully saturated rings. The molecule has 0 aliphatic carbocycles. The minimum absolute atomic E-state index is 0.137. The van der Waals surface area contributed by atoms with Gasteiger partial charge in [0.05, 0.1) is 30.4 Å². The summed E-state index contributed by atoms with van der Waals surface area (Å²) in [5.74, 6) is -0.262. The number of nitrogens with zero attached hydrogens (tertiary/aromatic N) is 3. The Morgan fingerprint density at radius 1 is 1.24 bits per heavy atom. The smallest absolute Gasteiger partial charge is 0.321 e. The zero-order valence-electron chi connectivity index (χ0n) is 20.3. The third kappa shape index (κ3) is 5.59. The predicted molar refractivity (Wildman–Crippen MR) is 130 cm³/mol. The van der Waals surface area contributed by atoms with Gasteiger partial charge in [-0.3, -0.25) is 4.79 Å². The van der Waals surface area contributed by atoms with Crippen LogP contribution in [-0.4, -0.2) is 79.8 Å². The highest BCUT2D eigenvalue weighted by molar-refractivity contribution is 5.99. The molecule has 0 unspecified atom stereocenters. The number of amides is 3. The van der Waals surface area contributed by atoms with Gasteiger partial charge >= 0.3 is 6.03 Å². The summed E-state index contributed by atoms with van der Waals surface area (Å²) in [6.45, 7) is 4.23. The van der Waals surface area contributed by atoms with Gasteiger partial charge in [0.25, 0.3) is 5.91 Å². The average molecular weight is 473 g/mol. The maximum Gasteiger partial charge on any atom is 0.321 e. The molecule has 3 rings (SSSR count). The molecule has 34 heavy (non-hydrogen) atoms. The molecule has 0 radical (unpaired) electrons. The SMILES string of the molecule is C[C@H](CO)N1C[C@H](C)[C@H](CN(C)C(=O)Nc2ccc(F)cc2)Oc2c(cccc2N(C)C)C1=O. The van der Waals surface area contributed by atoms with Crippen molar-refractivity contribution < 1.29 is 23.8 Å². The number of aliphatic hydroxyl groups excluding tert-OH is 1. The molecule has 9 heteroatoms. The second-order valence-corrected chi connectivity index (χ2v) is 8.99. The van der Waals surface area contributed by atoms with E-state index >= 15 is 0 Å². The van der Waals surface area contributed by atoms with Crippen molar-refractivity contribution in [2.24, 2.45) is 5.92 Å².